The van der Waals surface area contributed by atoms with E-state index >= 15 is 0 Å². The van der Waals surface area contributed by atoms with Crippen LogP contribution < -0.4 is 0 Å². The first-order valence-corrected chi connectivity index (χ1v) is 11.9. The van der Waals surface area contributed by atoms with Gasteiger partial charge in [0.2, 0.25) is 0 Å². The summed E-state index contributed by atoms with van der Waals surface area (Å²) in [6.45, 7) is 6.49. The number of rotatable bonds is 5. The Labute approximate surface area is 192 Å². The number of pyridine rings is 1. The van der Waals surface area contributed by atoms with Crippen LogP contribution in [0.15, 0.2) is 59.7 Å². The van der Waals surface area contributed by atoms with Crippen molar-refractivity contribution in [2.75, 3.05) is 5.75 Å². The molecule has 3 aromatic rings. The third-order valence-corrected chi connectivity index (χ3v) is 7.62. The van der Waals surface area contributed by atoms with Crippen LogP contribution in [0.3, 0.4) is 0 Å². The Hall–Kier alpha value is -3.06. The van der Waals surface area contributed by atoms with Gasteiger partial charge in [0.1, 0.15) is 6.04 Å². The smallest absolute Gasteiger partial charge is 0.335 e. The fourth-order valence-corrected chi connectivity index (χ4v) is 6.26. The number of carboxylic acids is 1. The number of amidine groups is 1. The van der Waals surface area contributed by atoms with Crippen LogP contribution in [-0.4, -0.2) is 42.5 Å². The molecule has 5 rings (SSSR count). The first kappa shape index (κ1) is 20.8. The van der Waals surface area contributed by atoms with Gasteiger partial charge in [-0.2, -0.15) is 0 Å². The molecule has 3 atom stereocenters. The van der Waals surface area contributed by atoms with E-state index in [1.165, 1.54) is 5.56 Å². The Morgan fingerprint density at radius 1 is 1.19 bits per heavy atom. The van der Waals surface area contributed by atoms with Crippen molar-refractivity contribution in [1.29, 1.82) is 0 Å². The van der Waals surface area contributed by atoms with Gasteiger partial charge in [0, 0.05) is 35.1 Å². The molecule has 4 heterocycles. The number of aromatic nitrogens is 2. The highest BCUT2D eigenvalue weighted by atomic mass is 32.2. The standard InChI is InChI=1S/C25H26N4O2S/c1-4-18-14-32-25-27-22(21-7-5-6-12-26-21)23(29(18)25)20-13-15(2)28(16(20)3)19-10-8-17(9-11-19)24(30)31/h5-13,18,22-23H,4,14H2,1-3H3,(H,30,31)/t18-,22+,23+/m1/s1. The molecule has 164 valence electrons. The zero-order chi connectivity index (χ0) is 22.4. The van der Waals surface area contributed by atoms with Crippen LogP contribution in [0.5, 0.6) is 0 Å². The number of fused-ring (bicyclic) bond motifs is 1. The lowest BCUT2D eigenvalue weighted by molar-refractivity contribution is 0.0697. The molecule has 0 spiro atoms. The van der Waals surface area contributed by atoms with Crippen molar-refractivity contribution < 1.29 is 9.90 Å². The lowest BCUT2D eigenvalue weighted by Crippen LogP contribution is -2.35. The molecule has 7 heteroatoms. The number of benzene rings is 1. The Balaban J connectivity index is 1.60. The van der Waals surface area contributed by atoms with E-state index in [9.17, 15) is 9.90 Å². The molecule has 2 aliphatic rings. The zero-order valence-corrected chi connectivity index (χ0v) is 19.2. The lowest BCUT2D eigenvalue weighted by atomic mass is 9.95. The first-order chi connectivity index (χ1) is 15.5. The summed E-state index contributed by atoms with van der Waals surface area (Å²) in [6.07, 6.45) is 2.92. The van der Waals surface area contributed by atoms with Gasteiger partial charge in [-0.25, -0.2) is 4.79 Å². The maximum atomic E-state index is 11.3. The predicted molar refractivity (Wildman–Crippen MR) is 128 cm³/mol. The highest BCUT2D eigenvalue weighted by Gasteiger charge is 2.46. The van der Waals surface area contributed by atoms with Crippen molar-refractivity contribution in [2.45, 2.75) is 45.3 Å². The van der Waals surface area contributed by atoms with Crippen molar-refractivity contribution in [2.24, 2.45) is 4.99 Å². The second-order valence-electron chi connectivity index (χ2n) is 8.35. The predicted octanol–water partition coefficient (Wildman–Crippen LogP) is 5.17. The van der Waals surface area contributed by atoms with Gasteiger partial charge in [0.25, 0.3) is 0 Å². The normalized spacial score (nSPS) is 22.2. The molecule has 6 nitrogen and oxygen atoms in total. The third-order valence-electron chi connectivity index (χ3n) is 6.49. The first-order valence-electron chi connectivity index (χ1n) is 10.9. The molecule has 0 saturated carbocycles. The van der Waals surface area contributed by atoms with Crippen LogP contribution in [-0.2, 0) is 0 Å². The van der Waals surface area contributed by atoms with Gasteiger partial charge in [-0.05, 0) is 68.3 Å². The van der Waals surface area contributed by atoms with Gasteiger partial charge in [-0.1, -0.05) is 24.8 Å². The molecular weight excluding hydrogens is 420 g/mol. The second-order valence-corrected chi connectivity index (χ2v) is 9.34. The summed E-state index contributed by atoms with van der Waals surface area (Å²) < 4.78 is 2.21. The molecule has 0 aliphatic carbocycles. The van der Waals surface area contributed by atoms with Gasteiger partial charge < -0.3 is 14.6 Å². The maximum Gasteiger partial charge on any atom is 0.335 e. The minimum absolute atomic E-state index is 0.0450. The number of aryl methyl sites for hydroxylation is 1. The van der Waals surface area contributed by atoms with Gasteiger partial charge in [-0.15, -0.1) is 0 Å². The summed E-state index contributed by atoms with van der Waals surface area (Å²) >= 11 is 1.85. The summed E-state index contributed by atoms with van der Waals surface area (Å²) in [5.41, 5.74) is 5.77. The number of hydrogen-bond acceptors (Lipinski definition) is 5. The lowest BCUT2D eigenvalue weighted by Gasteiger charge is -2.32. The van der Waals surface area contributed by atoms with E-state index in [4.69, 9.17) is 4.99 Å². The molecule has 1 aromatic carbocycles. The van der Waals surface area contributed by atoms with E-state index in [0.717, 1.165) is 40.1 Å². The molecule has 32 heavy (non-hydrogen) atoms. The Morgan fingerprint density at radius 2 is 1.97 bits per heavy atom. The molecule has 2 aromatic heterocycles. The molecule has 1 fully saturated rings. The van der Waals surface area contributed by atoms with E-state index in [-0.39, 0.29) is 12.1 Å². The van der Waals surface area contributed by atoms with Crippen molar-refractivity contribution >= 4 is 22.9 Å². The molecule has 0 amide bonds. The van der Waals surface area contributed by atoms with E-state index in [0.29, 0.717) is 11.6 Å². The molecule has 2 aliphatic heterocycles. The number of hydrogen-bond donors (Lipinski definition) is 1. The minimum Gasteiger partial charge on any atom is -0.478 e. The average Bonchev–Trinajstić information content (AvgIpc) is 3.46. The van der Waals surface area contributed by atoms with Gasteiger partial charge in [0.15, 0.2) is 5.17 Å². The van der Waals surface area contributed by atoms with E-state index in [1.54, 1.807) is 12.1 Å². The van der Waals surface area contributed by atoms with E-state index < -0.39 is 5.97 Å². The Morgan fingerprint density at radius 3 is 2.62 bits per heavy atom. The monoisotopic (exact) mass is 446 g/mol. The largest absolute Gasteiger partial charge is 0.478 e. The van der Waals surface area contributed by atoms with E-state index in [1.807, 2.05) is 42.2 Å². The summed E-state index contributed by atoms with van der Waals surface area (Å²) in [5, 5.41) is 10.4. The highest BCUT2D eigenvalue weighted by Crippen LogP contribution is 2.49. The van der Waals surface area contributed by atoms with E-state index in [2.05, 4.69) is 47.4 Å². The molecule has 1 N–H and O–H groups in total. The molecular formula is C25H26N4O2S. The SMILES string of the molecule is CC[C@@H]1CSC2=N[C@@H](c3ccccn3)[C@H](c3cc(C)n(-c4ccc(C(=O)O)cc4)c3C)N21. The van der Waals surface area contributed by atoms with Crippen LogP contribution in [0.2, 0.25) is 0 Å². The van der Waals surface area contributed by atoms with Crippen molar-refractivity contribution in [1.82, 2.24) is 14.5 Å². The number of nitrogens with zero attached hydrogens (tertiary/aromatic N) is 4. The van der Waals surface area contributed by atoms with Crippen molar-refractivity contribution in [3.63, 3.8) is 0 Å². The summed E-state index contributed by atoms with van der Waals surface area (Å²) in [4.78, 5) is 23.5. The highest BCUT2D eigenvalue weighted by molar-refractivity contribution is 8.14. The Bertz CT molecular complexity index is 1190. The third kappa shape index (κ3) is 3.32. The zero-order valence-electron chi connectivity index (χ0n) is 18.4. The number of carboxylic acid groups (broad SMARTS) is 1. The fraction of sp³-hybridized carbons (Fsp3) is 0.320. The average molecular weight is 447 g/mol. The number of aliphatic imine (C=N–C) groups is 1. The summed E-state index contributed by atoms with van der Waals surface area (Å²) in [7, 11) is 0. The van der Waals surface area contributed by atoms with Gasteiger partial charge in [-0.3, -0.25) is 9.98 Å². The molecule has 0 radical (unpaired) electrons. The van der Waals surface area contributed by atoms with Crippen LogP contribution in [0.25, 0.3) is 5.69 Å². The molecule has 0 bridgehead atoms. The van der Waals surface area contributed by atoms with Crippen LogP contribution in [0.4, 0.5) is 0 Å². The van der Waals surface area contributed by atoms with Crippen molar-refractivity contribution in [3.05, 3.63) is 82.9 Å². The summed E-state index contributed by atoms with van der Waals surface area (Å²) in [5.74, 6) is 0.153. The topological polar surface area (TPSA) is 70.7 Å². The number of thioether (sulfide) groups is 1. The molecule has 1 saturated heterocycles. The summed E-state index contributed by atoms with van der Waals surface area (Å²) in [6, 6.07) is 15.9. The Kier molecular flexibility index (Phi) is 5.29. The van der Waals surface area contributed by atoms with Crippen molar-refractivity contribution in [3.8, 4) is 5.69 Å². The fourth-order valence-electron chi connectivity index (χ4n) is 4.92. The van der Waals surface area contributed by atoms with Crippen LogP contribution in [0, 0.1) is 13.8 Å². The molecule has 0 unspecified atom stereocenters. The van der Waals surface area contributed by atoms with Crippen LogP contribution in [0.1, 0.15) is 58.4 Å². The number of carbonyl (C=O) groups is 1. The maximum absolute atomic E-state index is 11.3. The van der Waals surface area contributed by atoms with Gasteiger partial charge >= 0.3 is 5.97 Å². The number of aromatic carboxylic acids is 1. The quantitative estimate of drug-likeness (QED) is 0.586. The van der Waals surface area contributed by atoms with Crippen LogP contribution >= 0.6 is 11.8 Å². The van der Waals surface area contributed by atoms with Gasteiger partial charge in [0.05, 0.1) is 17.3 Å². The minimum atomic E-state index is -0.913. The second kappa shape index (κ2) is 8.13.